The Kier molecular flexibility index (Phi) is 44.2. The van der Waals surface area contributed by atoms with E-state index in [1.54, 1.807) is 0 Å². The normalized spacial score (nSPS) is 12.4. The third kappa shape index (κ3) is 43.8. The smallest absolute Gasteiger partial charge is 0.306 e. The molecular formula is C51H98O6. The first kappa shape index (κ1) is 55.4. The van der Waals surface area contributed by atoms with Gasteiger partial charge in [-0.15, -0.1) is 0 Å². The number of carbonyl (C=O) groups is 3. The van der Waals surface area contributed by atoms with Crippen molar-refractivity contribution in [3.63, 3.8) is 0 Å². The van der Waals surface area contributed by atoms with E-state index in [-0.39, 0.29) is 31.1 Å². The maximum atomic E-state index is 12.8. The second kappa shape index (κ2) is 45.5. The highest BCUT2D eigenvalue weighted by Crippen LogP contribution is 2.17. The predicted octanol–water partition coefficient (Wildman–Crippen LogP) is 16.3. The van der Waals surface area contributed by atoms with Crippen LogP contribution in [0.1, 0.15) is 285 Å². The van der Waals surface area contributed by atoms with E-state index in [9.17, 15) is 14.4 Å². The Bertz CT molecular complexity index is 859. The molecule has 6 heteroatoms. The third-order valence-corrected chi connectivity index (χ3v) is 11.9. The Hall–Kier alpha value is -1.59. The van der Waals surface area contributed by atoms with E-state index in [2.05, 4.69) is 27.7 Å². The minimum atomic E-state index is -0.760. The Balaban J connectivity index is 4.32. The number of rotatable bonds is 46. The van der Waals surface area contributed by atoms with Gasteiger partial charge in [0.1, 0.15) is 13.2 Å². The van der Waals surface area contributed by atoms with Crippen molar-refractivity contribution in [1.82, 2.24) is 0 Å². The lowest BCUT2D eigenvalue weighted by atomic mass is 9.99. The molecule has 0 rings (SSSR count). The molecule has 0 aromatic heterocycles. The van der Waals surface area contributed by atoms with E-state index in [1.807, 2.05) is 0 Å². The van der Waals surface area contributed by atoms with Gasteiger partial charge in [-0.1, -0.05) is 246 Å². The molecular weight excluding hydrogens is 709 g/mol. The molecule has 0 amide bonds. The zero-order chi connectivity index (χ0) is 41.7. The topological polar surface area (TPSA) is 78.9 Å². The minimum absolute atomic E-state index is 0.0633. The Morgan fingerprint density at radius 1 is 0.351 bits per heavy atom. The fourth-order valence-electron chi connectivity index (χ4n) is 7.66. The lowest BCUT2D eigenvalue weighted by Gasteiger charge is -2.18. The molecule has 6 nitrogen and oxygen atoms in total. The van der Waals surface area contributed by atoms with Crippen LogP contribution < -0.4 is 0 Å². The first-order chi connectivity index (χ1) is 27.9. The van der Waals surface area contributed by atoms with Gasteiger partial charge < -0.3 is 14.2 Å². The molecule has 0 aliphatic rings. The third-order valence-electron chi connectivity index (χ3n) is 11.9. The monoisotopic (exact) mass is 807 g/mol. The number of esters is 3. The van der Waals surface area contributed by atoms with Gasteiger partial charge in [-0.05, 0) is 25.2 Å². The number of hydrogen-bond donors (Lipinski definition) is 0. The highest BCUT2D eigenvalue weighted by Gasteiger charge is 2.19. The fourth-order valence-corrected chi connectivity index (χ4v) is 7.66. The Morgan fingerprint density at radius 3 is 0.912 bits per heavy atom. The summed E-state index contributed by atoms with van der Waals surface area (Å²) in [7, 11) is 0. The first-order valence-electron chi connectivity index (χ1n) is 25.4. The maximum absolute atomic E-state index is 12.8. The highest BCUT2D eigenvalue weighted by molar-refractivity contribution is 5.71. The van der Waals surface area contributed by atoms with Crippen LogP contribution in [0.25, 0.3) is 0 Å². The number of ether oxygens (including phenoxy) is 3. The summed E-state index contributed by atoms with van der Waals surface area (Å²) in [5.74, 6) is -0.00216. The molecule has 338 valence electrons. The summed E-state index contributed by atoms with van der Waals surface area (Å²) in [5.41, 5.74) is 0. The van der Waals surface area contributed by atoms with Crippen LogP contribution in [-0.2, 0) is 28.6 Å². The standard InChI is InChI=1S/C51H98O6/c1-5-8-10-12-14-16-18-20-22-24-26-31-35-39-43-50(53)56-46-48(57-51(54)44-40-36-32-28-27-29-33-37-41-47(4)7-3)45-55-49(52)42-38-34-30-25-23-21-19-17-15-13-11-9-6-2/h47-48H,5-46H2,1-4H3/t47?,48-/m0/s1. The second-order valence-corrected chi connectivity index (χ2v) is 17.7. The maximum Gasteiger partial charge on any atom is 0.306 e. The minimum Gasteiger partial charge on any atom is -0.462 e. The molecule has 0 aromatic carbocycles. The Labute approximate surface area is 355 Å². The van der Waals surface area contributed by atoms with Crippen LogP contribution in [0.2, 0.25) is 0 Å². The van der Waals surface area contributed by atoms with E-state index >= 15 is 0 Å². The van der Waals surface area contributed by atoms with Crippen molar-refractivity contribution < 1.29 is 28.6 Å². The molecule has 0 N–H and O–H groups in total. The Morgan fingerprint density at radius 2 is 0.614 bits per heavy atom. The number of hydrogen-bond acceptors (Lipinski definition) is 6. The van der Waals surface area contributed by atoms with Gasteiger partial charge in [-0.25, -0.2) is 0 Å². The first-order valence-corrected chi connectivity index (χ1v) is 25.4. The lowest BCUT2D eigenvalue weighted by Crippen LogP contribution is -2.30. The molecule has 0 bridgehead atoms. The summed E-state index contributed by atoms with van der Waals surface area (Å²) in [6, 6.07) is 0. The molecule has 0 spiro atoms. The lowest BCUT2D eigenvalue weighted by molar-refractivity contribution is -0.167. The van der Waals surface area contributed by atoms with E-state index in [0.717, 1.165) is 63.7 Å². The van der Waals surface area contributed by atoms with Crippen LogP contribution in [0, 0.1) is 5.92 Å². The van der Waals surface area contributed by atoms with Gasteiger partial charge in [0.15, 0.2) is 6.10 Å². The molecule has 1 unspecified atom stereocenters. The number of carbonyl (C=O) groups excluding carboxylic acids is 3. The van der Waals surface area contributed by atoms with Gasteiger partial charge in [0, 0.05) is 19.3 Å². The van der Waals surface area contributed by atoms with Crippen molar-refractivity contribution in [2.24, 2.45) is 5.92 Å². The van der Waals surface area contributed by atoms with Crippen LogP contribution in [-0.4, -0.2) is 37.2 Å². The van der Waals surface area contributed by atoms with Gasteiger partial charge in [-0.3, -0.25) is 14.4 Å². The molecule has 0 saturated heterocycles. The largest absolute Gasteiger partial charge is 0.462 e. The van der Waals surface area contributed by atoms with E-state index < -0.39 is 6.10 Å². The van der Waals surface area contributed by atoms with Gasteiger partial charge in [0.05, 0.1) is 0 Å². The quantitative estimate of drug-likeness (QED) is 0.0346. The zero-order valence-electron chi connectivity index (χ0n) is 38.8. The van der Waals surface area contributed by atoms with Crippen LogP contribution in [0.15, 0.2) is 0 Å². The predicted molar refractivity (Wildman–Crippen MR) is 243 cm³/mol. The van der Waals surface area contributed by atoms with E-state index in [0.29, 0.717) is 19.3 Å². The van der Waals surface area contributed by atoms with Gasteiger partial charge in [0.25, 0.3) is 0 Å². The molecule has 0 aromatic rings. The SMILES string of the molecule is CCCCCCCCCCCCCCCCC(=O)OC[C@H](COC(=O)CCCCCCCCCCCCCCC)OC(=O)CCCCCCCCCCC(C)CC. The molecule has 0 heterocycles. The average molecular weight is 807 g/mol. The number of unbranched alkanes of at least 4 members (excludes halogenated alkanes) is 32. The van der Waals surface area contributed by atoms with Gasteiger partial charge in [0.2, 0.25) is 0 Å². The molecule has 0 aliphatic heterocycles. The van der Waals surface area contributed by atoms with Crippen LogP contribution >= 0.6 is 0 Å². The van der Waals surface area contributed by atoms with Crippen molar-refractivity contribution >= 4 is 17.9 Å². The van der Waals surface area contributed by atoms with Crippen LogP contribution in [0.4, 0.5) is 0 Å². The second-order valence-electron chi connectivity index (χ2n) is 17.7. The van der Waals surface area contributed by atoms with Gasteiger partial charge in [-0.2, -0.15) is 0 Å². The van der Waals surface area contributed by atoms with E-state index in [1.165, 1.54) is 180 Å². The van der Waals surface area contributed by atoms with Crippen LogP contribution in [0.5, 0.6) is 0 Å². The van der Waals surface area contributed by atoms with Crippen molar-refractivity contribution in [2.45, 2.75) is 291 Å². The summed E-state index contributed by atoms with van der Waals surface area (Å²) in [5, 5.41) is 0. The summed E-state index contributed by atoms with van der Waals surface area (Å²) in [6.45, 7) is 9.02. The summed E-state index contributed by atoms with van der Waals surface area (Å²) < 4.78 is 16.8. The van der Waals surface area contributed by atoms with Crippen LogP contribution in [0.3, 0.4) is 0 Å². The van der Waals surface area contributed by atoms with Crippen molar-refractivity contribution in [3.05, 3.63) is 0 Å². The molecule has 0 aliphatic carbocycles. The summed E-state index contributed by atoms with van der Waals surface area (Å²) in [4.78, 5) is 37.9. The van der Waals surface area contributed by atoms with Crippen molar-refractivity contribution in [1.29, 1.82) is 0 Å². The van der Waals surface area contributed by atoms with Gasteiger partial charge >= 0.3 is 17.9 Å². The molecule has 0 fully saturated rings. The summed E-state index contributed by atoms with van der Waals surface area (Å²) in [6.07, 6.45) is 46.5. The molecule has 0 saturated carbocycles. The highest BCUT2D eigenvalue weighted by atomic mass is 16.6. The zero-order valence-corrected chi connectivity index (χ0v) is 38.8. The molecule has 57 heavy (non-hydrogen) atoms. The summed E-state index contributed by atoms with van der Waals surface area (Å²) >= 11 is 0. The average Bonchev–Trinajstić information content (AvgIpc) is 3.21. The van der Waals surface area contributed by atoms with E-state index in [4.69, 9.17) is 14.2 Å². The molecule has 2 atom stereocenters. The van der Waals surface area contributed by atoms with Crippen molar-refractivity contribution in [3.8, 4) is 0 Å². The fraction of sp³-hybridized carbons (Fsp3) is 0.941. The van der Waals surface area contributed by atoms with Crippen molar-refractivity contribution in [2.75, 3.05) is 13.2 Å². The molecule has 0 radical (unpaired) electrons.